The number of unbranched alkanes of at least 4 members (excludes halogenated alkanes) is 18. The van der Waals surface area contributed by atoms with Crippen LogP contribution in [0.25, 0.3) is 0 Å². The quantitative estimate of drug-likeness (QED) is 0.0381. The van der Waals surface area contributed by atoms with E-state index in [-0.39, 0.29) is 12.5 Å². The summed E-state index contributed by atoms with van der Waals surface area (Å²) in [6, 6.07) is -0.812. The molecule has 1 fully saturated rings. The minimum atomic E-state index is -1.57. The minimum Gasteiger partial charge on any atom is -0.394 e. The van der Waals surface area contributed by atoms with Crippen molar-refractivity contribution in [1.82, 2.24) is 5.32 Å². The van der Waals surface area contributed by atoms with E-state index in [1.807, 2.05) is 6.08 Å². The summed E-state index contributed by atoms with van der Waals surface area (Å²) in [6.45, 7) is 3.64. The molecule has 0 aromatic rings. The van der Waals surface area contributed by atoms with Crippen LogP contribution in [-0.4, -0.2) is 87.5 Å². The molecule has 1 amide bonds. The van der Waals surface area contributed by atoms with Gasteiger partial charge in [0.15, 0.2) is 6.29 Å². The smallest absolute Gasteiger partial charge is 0.220 e. The molecular weight excluding hydrogens is 598 g/mol. The van der Waals surface area contributed by atoms with Crippen molar-refractivity contribution in [1.29, 1.82) is 0 Å². The summed E-state index contributed by atoms with van der Waals surface area (Å²) in [6.07, 6.45) is 25.6. The maximum atomic E-state index is 12.7. The molecule has 7 unspecified atom stereocenters. The van der Waals surface area contributed by atoms with Crippen LogP contribution in [0.5, 0.6) is 0 Å². The molecule has 1 aliphatic heterocycles. The number of ether oxygens (including phenoxy) is 2. The van der Waals surface area contributed by atoms with Gasteiger partial charge in [-0.3, -0.25) is 4.79 Å². The Morgan fingerprint density at radius 3 is 1.79 bits per heavy atom. The molecule has 1 saturated heterocycles. The molecule has 276 valence electrons. The molecule has 1 heterocycles. The summed E-state index contributed by atoms with van der Waals surface area (Å²) in [7, 11) is 0. The minimum absolute atomic E-state index is 0.200. The Labute approximate surface area is 286 Å². The van der Waals surface area contributed by atoms with E-state index in [4.69, 9.17) is 9.47 Å². The van der Waals surface area contributed by atoms with Crippen LogP contribution < -0.4 is 5.32 Å². The van der Waals surface area contributed by atoms with Gasteiger partial charge >= 0.3 is 0 Å². The SMILES string of the molecule is CCCCCCCCCCCCCCC/C=C/CC/C=C/C(O)C(COC1OC(CO)C(O)C(O)C1O)NC(=O)CCCCCCC. The number of hydrogen-bond donors (Lipinski definition) is 6. The van der Waals surface area contributed by atoms with Gasteiger partial charge in [0.1, 0.15) is 24.4 Å². The van der Waals surface area contributed by atoms with E-state index in [9.17, 15) is 30.3 Å². The highest BCUT2D eigenvalue weighted by Crippen LogP contribution is 2.22. The highest BCUT2D eigenvalue weighted by atomic mass is 16.7. The molecule has 9 heteroatoms. The van der Waals surface area contributed by atoms with E-state index in [1.165, 1.54) is 83.5 Å². The predicted molar refractivity (Wildman–Crippen MR) is 189 cm³/mol. The number of carbonyl (C=O) groups is 1. The Bertz CT molecular complexity index is 792. The summed E-state index contributed by atoms with van der Waals surface area (Å²) in [5, 5.41) is 53.6. The first-order valence-electron chi connectivity index (χ1n) is 19.1. The monoisotopic (exact) mass is 670 g/mol. The third kappa shape index (κ3) is 21.4. The largest absolute Gasteiger partial charge is 0.394 e. The Morgan fingerprint density at radius 1 is 0.702 bits per heavy atom. The van der Waals surface area contributed by atoms with Crippen molar-refractivity contribution >= 4 is 5.91 Å². The van der Waals surface area contributed by atoms with E-state index in [1.54, 1.807) is 6.08 Å². The first-order valence-corrected chi connectivity index (χ1v) is 19.1. The van der Waals surface area contributed by atoms with Crippen LogP contribution in [-0.2, 0) is 14.3 Å². The standard InChI is InChI=1S/C38H71NO8/c1-3-5-7-9-10-11-12-13-14-15-16-17-18-19-20-21-22-24-25-27-32(41)31(39-34(42)28-26-23-8-6-4-2)30-46-38-37(45)36(44)35(43)33(29-40)47-38/h20-21,25,27,31-33,35-38,40-41,43-45H,3-19,22-24,26,28-30H2,1-2H3,(H,39,42)/b21-20+,27-25+. The van der Waals surface area contributed by atoms with Gasteiger partial charge in [-0.15, -0.1) is 0 Å². The second-order valence-electron chi connectivity index (χ2n) is 13.4. The van der Waals surface area contributed by atoms with Gasteiger partial charge in [0.25, 0.3) is 0 Å². The fraction of sp³-hybridized carbons (Fsp3) is 0.868. The average molecular weight is 670 g/mol. The number of aliphatic hydroxyl groups excluding tert-OH is 5. The zero-order valence-corrected chi connectivity index (χ0v) is 29.8. The summed E-state index contributed by atoms with van der Waals surface area (Å²) in [4.78, 5) is 12.7. The zero-order valence-electron chi connectivity index (χ0n) is 29.8. The molecule has 0 aliphatic carbocycles. The van der Waals surface area contributed by atoms with E-state index < -0.39 is 49.5 Å². The number of allylic oxidation sites excluding steroid dienone is 3. The van der Waals surface area contributed by atoms with Crippen LogP contribution in [0.3, 0.4) is 0 Å². The number of rotatable bonds is 30. The van der Waals surface area contributed by atoms with Gasteiger partial charge in [0.2, 0.25) is 5.91 Å². The molecule has 0 aromatic heterocycles. The lowest BCUT2D eigenvalue weighted by molar-refractivity contribution is -0.302. The lowest BCUT2D eigenvalue weighted by Gasteiger charge is -2.40. The van der Waals surface area contributed by atoms with Crippen molar-refractivity contribution < 1.29 is 39.8 Å². The van der Waals surface area contributed by atoms with Gasteiger partial charge in [-0.05, 0) is 32.1 Å². The van der Waals surface area contributed by atoms with Crippen molar-refractivity contribution in [3.63, 3.8) is 0 Å². The van der Waals surface area contributed by atoms with Gasteiger partial charge in [0, 0.05) is 6.42 Å². The van der Waals surface area contributed by atoms with Gasteiger partial charge in [-0.25, -0.2) is 0 Å². The number of aliphatic hydroxyl groups is 5. The van der Waals surface area contributed by atoms with E-state index in [0.717, 1.165) is 51.4 Å². The Kier molecular flexibility index (Phi) is 27.5. The summed E-state index contributed by atoms with van der Waals surface area (Å²) < 4.78 is 11.1. The fourth-order valence-electron chi connectivity index (χ4n) is 5.88. The first kappa shape index (κ1) is 43.7. The van der Waals surface area contributed by atoms with Gasteiger partial charge < -0.3 is 40.3 Å². The molecule has 0 radical (unpaired) electrons. The molecule has 7 atom stereocenters. The van der Waals surface area contributed by atoms with Crippen molar-refractivity contribution in [3.8, 4) is 0 Å². The molecule has 9 nitrogen and oxygen atoms in total. The van der Waals surface area contributed by atoms with Crippen LogP contribution >= 0.6 is 0 Å². The maximum absolute atomic E-state index is 12.7. The normalized spacial score (nSPS) is 23.1. The summed E-state index contributed by atoms with van der Waals surface area (Å²) >= 11 is 0. The molecule has 1 aliphatic rings. The zero-order chi connectivity index (χ0) is 34.5. The Morgan fingerprint density at radius 2 is 1.21 bits per heavy atom. The molecule has 1 rings (SSSR count). The predicted octanol–water partition coefficient (Wildman–Crippen LogP) is 6.38. The van der Waals surface area contributed by atoms with Crippen LogP contribution in [0.15, 0.2) is 24.3 Å². The molecule has 0 saturated carbocycles. The van der Waals surface area contributed by atoms with E-state index in [0.29, 0.717) is 6.42 Å². The second-order valence-corrected chi connectivity index (χ2v) is 13.4. The van der Waals surface area contributed by atoms with Crippen molar-refractivity contribution in [3.05, 3.63) is 24.3 Å². The van der Waals surface area contributed by atoms with Crippen LogP contribution in [0.4, 0.5) is 0 Å². The van der Waals surface area contributed by atoms with Crippen molar-refractivity contribution in [2.75, 3.05) is 13.2 Å². The summed E-state index contributed by atoms with van der Waals surface area (Å²) in [5.41, 5.74) is 0. The third-order valence-electron chi connectivity index (χ3n) is 9.03. The fourth-order valence-corrected chi connectivity index (χ4v) is 5.88. The second kappa shape index (κ2) is 29.6. The van der Waals surface area contributed by atoms with Crippen LogP contribution in [0.1, 0.15) is 155 Å². The molecule has 47 heavy (non-hydrogen) atoms. The van der Waals surface area contributed by atoms with Gasteiger partial charge in [0.05, 0.1) is 25.4 Å². The Balaban J connectivity index is 2.37. The van der Waals surface area contributed by atoms with Gasteiger partial charge in [-0.2, -0.15) is 0 Å². The lowest BCUT2D eigenvalue weighted by Crippen LogP contribution is -2.60. The highest BCUT2D eigenvalue weighted by Gasteiger charge is 2.44. The number of hydrogen-bond acceptors (Lipinski definition) is 8. The van der Waals surface area contributed by atoms with Gasteiger partial charge in [-0.1, -0.05) is 141 Å². The molecule has 0 aromatic carbocycles. The van der Waals surface area contributed by atoms with Crippen molar-refractivity contribution in [2.45, 2.75) is 198 Å². The maximum Gasteiger partial charge on any atom is 0.220 e. The lowest BCUT2D eigenvalue weighted by atomic mass is 9.99. The van der Waals surface area contributed by atoms with Crippen LogP contribution in [0.2, 0.25) is 0 Å². The van der Waals surface area contributed by atoms with E-state index >= 15 is 0 Å². The summed E-state index contributed by atoms with van der Waals surface area (Å²) in [5.74, 6) is -0.201. The van der Waals surface area contributed by atoms with E-state index in [2.05, 4.69) is 31.3 Å². The molecule has 0 bridgehead atoms. The molecule has 6 N–H and O–H groups in total. The average Bonchev–Trinajstić information content (AvgIpc) is 3.07. The number of amides is 1. The highest BCUT2D eigenvalue weighted by molar-refractivity contribution is 5.76. The number of carbonyl (C=O) groups excluding carboxylic acids is 1. The third-order valence-corrected chi connectivity index (χ3v) is 9.03. The van der Waals surface area contributed by atoms with Crippen molar-refractivity contribution in [2.24, 2.45) is 0 Å². The van der Waals surface area contributed by atoms with Crippen LogP contribution in [0, 0.1) is 0 Å². The molecular formula is C38H71NO8. The number of nitrogens with one attached hydrogen (secondary N) is 1. The molecule has 0 spiro atoms. The first-order chi connectivity index (χ1) is 22.8. The Hall–Kier alpha value is -1.33. The topological polar surface area (TPSA) is 149 Å².